The monoisotopic (exact) mass is 376 g/mol. The first-order valence-corrected chi connectivity index (χ1v) is 8.96. The maximum atomic E-state index is 12.8. The summed E-state index contributed by atoms with van der Waals surface area (Å²) in [7, 11) is -3.69. The molecule has 26 heavy (non-hydrogen) atoms. The van der Waals surface area contributed by atoms with Gasteiger partial charge in [0.2, 0.25) is 0 Å². The van der Waals surface area contributed by atoms with Gasteiger partial charge in [-0.05, 0) is 36.4 Å². The van der Waals surface area contributed by atoms with Gasteiger partial charge >= 0.3 is 5.97 Å². The third-order valence-corrected chi connectivity index (χ3v) is 4.96. The molecule has 1 aliphatic heterocycles. The lowest BCUT2D eigenvalue weighted by molar-refractivity contribution is -0.140. The molecule has 0 saturated carbocycles. The topological polar surface area (TPSA) is 102 Å². The predicted octanol–water partition coefficient (Wildman–Crippen LogP) is 1.29. The number of nitrogens with one attached hydrogen (secondary N) is 1. The van der Waals surface area contributed by atoms with Crippen molar-refractivity contribution >= 4 is 27.6 Å². The summed E-state index contributed by atoms with van der Waals surface area (Å²) in [4.78, 5) is 27.6. The fourth-order valence-corrected chi connectivity index (χ4v) is 3.56. The molecule has 7 nitrogen and oxygen atoms in total. The Labute approximate surface area is 148 Å². The molecule has 0 saturated heterocycles. The summed E-state index contributed by atoms with van der Waals surface area (Å²) in [6, 6.07) is 11.1. The molecule has 1 aliphatic rings. The lowest BCUT2D eigenvalue weighted by Gasteiger charge is -2.03. The summed E-state index contributed by atoms with van der Waals surface area (Å²) < 4.78 is 43.7. The number of sulfonamides is 1. The molecule has 3 rings (SSSR count). The SMILES string of the molecule is O=C(CN=C1NS(=O)(=O)c2ccccc21)OCC(=O)c1ccc(F)cc1. The van der Waals surface area contributed by atoms with Crippen molar-refractivity contribution in [3.8, 4) is 0 Å². The number of nitrogens with zero attached hydrogens (tertiary/aromatic N) is 1. The highest BCUT2D eigenvalue weighted by Crippen LogP contribution is 2.22. The molecule has 0 aliphatic carbocycles. The van der Waals surface area contributed by atoms with E-state index in [-0.39, 0.29) is 16.3 Å². The molecule has 134 valence electrons. The molecule has 0 radical (unpaired) electrons. The maximum Gasteiger partial charge on any atom is 0.328 e. The number of carbonyl (C=O) groups excluding carboxylic acids is 2. The van der Waals surface area contributed by atoms with Crippen LogP contribution in [0.25, 0.3) is 0 Å². The number of ketones is 1. The Morgan fingerprint density at radius 1 is 1.08 bits per heavy atom. The molecule has 0 bridgehead atoms. The van der Waals surface area contributed by atoms with Crippen LogP contribution in [0.4, 0.5) is 4.39 Å². The van der Waals surface area contributed by atoms with Crippen molar-refractivity contribution in [3.05, 3.63) is 65.5 Å². The van der Waals surface area contributed by atoms with Crippen molar-refractivity contribution in [2.45, 2.75) is 4.90 Å². The lowest BCUT2D eigenvalue weighted by Crippen LogP contribution is -2.24. The smallest absolute Gasteiger partial charge is 0.328 e. The minimum atomic E-state index is -3.69. The van der Waals surface area contributed by atoms with Crippen LogP contribution in [0.2, 0.25) is 0 Å². The van der Waals surface area contributed by atoms with Gasteiger partial charge in [0.25, 0.3) is 10.0 Å². The second-order valence-corrected chi connectivity index (χ2v) is 7.01. The fourth-order valence-electron chi connectivity index (χ4n) is 2.31. The minimum Gasteiger partial charge on any atom is -0.456 e. The van der Waals surface area contributed by atoms with Crippen molar-refractivity contribution in [2.24, 2.45) is 4.99 Å². The van der Waals surface area contributed by atoms with Gasteiger partial charge in [-0.15, -0.1) is 0 Å². The van der Waals surface area contributed by atoms with Crippen molar-refractivity contribution < 1.29 is 27.1 Å². The third-order valence-electron chi connectivity index (χ3n) is 3.56. The predicted molar refractivity (Wildman–Crippen MR) is 89.9 cm³/mol. The number of amidine groups is 1. The standard InChI is InChI=1S/C17H13FN2O5S/c18-12-7-5-11(6-8-12)14(21)10-25-16(22)9-19-17-13-3-1-2-4-15(13)26(23,24)20-17/h1-8H,9-10H2,(H,19,20). The number of esters is 1. The average Bonchev–Trinajstić information content (AvgIpc) is 2.89. The van der Waals surface area contributed by atoms with Gasteiger partial charge in [0.1, 0.15) is 18.2 Å². The molecule has 1 N–H and O–H groups in total. The summed E-state index contributed by atoms with van der Waals surface area (Å²) in [5.41, 5.74) is 0.575. The highest BCUT2D eigenvalue weighted by molar-refractivity contribution is 7.90. The molecule has 9 heteroatoms. The number of hydrogen-bond donors (Lipinski definition) is 1. The number of hydrogen-bond acceptors (Lipinski definition) is 6. The quantitative estimate of drug-likeness (QED) is 0.626. The largest absolute Gasteiger partial charge is 0.456 e. The number of carbonyl (C=O) groups is 2. The van der Waals surface area contributed by atoms with E-state index in [2.05, 4.69) is 9.71 Å². The Kier molecular flexibility index (Phi) is 4.81. The molecule has 2 aromatic rings. The Balaban J connectivity index is 1.60. The first-order chi connectivity index (χ1) is 12.4. The van der Waals surface area contributed by atoms with Crippen LogP contribution in [0.5, 0.6) is 0 Å². The van der Waals surface area contributed by atoms with Gasteiger partial charge in [-0.25, -0.2) is 12.8 Å². The maximum absolute atomic E-state index is 12.8. The van der Waals surface area contributed by atoms with E-state index in [9.17, 15) is 22.4 Å². The van der Waals surface area contributed by atoms with E-state index in [0.717, 1.165) is 12.1 Å². The zero-order valence-corrected chi connectivity index (χ0v) is 14.1. The number of rotatable bonds is 5. The normalized spacial score (nSPS) is 16.0. The number of fused-ring (bicyclic) bond motifs is 1. The molecule has 2 aromatic carbocycles. The molecule has 0 atom stereocenters. The van der Waals surface area contributed by atoms with E-state index in [1.165, 1.54) is 18.2 Å². The summed E-state index contributed by atoms with van der Waals surface area (Å²) in [5.74, 6) is -1.72. The van der Waals surface area contributed by atoms with Gasteiger partial charge in [-0.2, -0.15) is 0 Å². The van der Waals surface area contributed by atoms with E-state index in [1.807, 2.05) is 0 Å². The molecule has 0 fully saturated rings. The first-order valence-electron chi connectivity index (χ1n) is 7.48. The zero-order valence-electron chi connectivity index (χ0n) is 13.3. The summed E-state index contributed by atoms with van der Waals surface area (Å²) in [6.45, 7) is -0.972. The molecular weight excluding hydrogens is 363 g/mol. The molecule has 0 amide bonds. The summed E-state index contributed by atoms with van der Waals surface area (Å²) >= 11 is 0. The molecular formula is C17H13FN2O5S. The van der Waals surface area contributed by atoms with E-state index >= 15 is 0 Å². The number of aliphatic imine (C=N–C) groups is 1. The fraction of sp³-hybridized carbons (Fsp3) is 0.118. The van der Waals surface area contributed by atoms with E-state index < -0.39 is 40.7 Å². The summed E-state index contributed by atoms with van der Waals surface area (Å²) in [6.07, 6.45) is 0. The Morgan fingerprint density at radius 3 is 2.50 bits per heavy atom. The first kappa shape index (κ1) is 17.7. The number of benzene rings is 2. The van der Waals surface area contributed by atoms with E-state index in [4.69, 9.17) is 4.74 Å². The lowest BCUT2D eigenvalue weighted by atomic mass is 10.1. The third kappa shape index (κ3) is 3.77. The van der Waals surface area contributed by atoms with Gasteiger partial charge in [-0.1, -0.05) is 12.1 Å². The summed E-state index contributed by atoms with van der Waals surface area (Å²) in [5, 5.41) is 0. The van der Waals surface area contributed by atoms with Crippen molar-refractivity contribution in [2.75, 3.05) is 13.2 Å². The number of halogens is 1. The van der Waals surface area contributed by atoms with Crippen LogP contribution in [0.1, 0.15) is 15.9 Å². The second kappa shape index (κ2) is 7.04. The van der Waals surface area contributed by atoms with Crippen LogP contribution in [0, 0.1) is 5.82 Å². The minimum absolute atomic E-state index is 0.0439. The van der Waals surface area contributed by atoms with Crippen molar-refractivity contribution in [1.82, 2.24) is 4.72 Å². The van der Waals surface area contributed by atoms with Crippen LogP contribution in [-0.2, 0) is 19.6 Å². The van der Waals surface area contributed by atoms with Gasteiger partial charge < -0.3 is 4.74 Å². The van der Waals surface area contributed by atoms with Gasteiger partial charge in [0, 0.05) is 11.1 Å². The highest BCUT2D eigenvalue weighted by atomic mass is 32.2. The Hall–Kier alpha value is -3.07. The molecule has 0 aromatic heterocycles. The van der Waals surface area contributed by atoms with Gasteiger partial charge in [0.15, 0.2) is 12.4 Å². The zero-order chi connectivity index (χ0) is 18.7. The average molecular weight is 376 g/mol. The number of ether oxygens (including phenoxy) is 1. The van der Waals surface area contributed by atoms with Crippen LogP contribution >= 0.6 is 0 Å². The van der Waals surface area contributed by atoms with E-state index in [0.29, 0.717) is 5.56 Å². The van der Waals surface area contributed by atoms with Gasteiger partial charge in [0.05, 0.1) is 4.90 Å². The molecule has 0 unspecified atom stereocenters. The van der Waals surface area contributed by atoms with Gasteiger partial charge in [-0.3, -0.25) is 19.3 Å². The Bertz CT molecular complexity index is 1000. The van der Waals surface area contributed by atoms with Crippen LogP contribution in [-0.4, -0.2) is 39.2 Å². The second-order valence-electron chi connectivity index (χ2n) is 5.36. The van der Waals surface area contributed by atoms with Crippen LogP contribution in [0.3, 0.4) is 0 Å². The van der Waals surface area contributed by atoms with Crippen molar-refractivity contribution in [1.29, 1.82) is 0 Å². The molecule has 1 heterocycles. The molecule has 0 spiro atoms. The highest BCUT2D eigenvalue weighted by Gasteiger charge is 2.30. The van der Waals surface area contributed by atoms with Crippen molar-refractivity contribution in [3.63, 3.8) is 0 Å². The number of Topliss-reactive ketones (excluding diaryl/α,β-unsaturated/α-hetero) is 1. The Morgan fingerprint density at radius 2 is 1.77 bits per heavy atom. The van der Waals surface area contributed by atoms with Crippen LogP contribution in [0.15, 0.2) is 58.4 Å². The van der Waals surface area contributed by atoms with Crippen LogP contribution < -0.4 is 4.72 Å². The van der Waals surface area contributed by atoms with E-state index in [1.54, 1.807) is 18.2 Å².